The molecule has 3 aromatic rings. The van der Waals surface area contributed by atoms with Crippen LogP contribution in [-0.2, 0) is 16.4 Å². The zero-order chi connectivity index (χ0) is 18.6. The number of pyridine rings is 1. The van der Waals surface area contributed by atoms with Crippen LogP contribution >= 0.6 is 11.3 Å². The smallest absolute Gasteiger partial charge is 0.241 e. The lowest BCUT2D eigenvalue weighted by atomic mass is 10.1. The number of hydrogen-bond donors (Lipinski definition) is 1. The van der Waals surface area contributed by atoms with E-state index in [0.29, 0.717) is 17.9 Å². The molecule has 0 aliphatic heterocycles. The topological polar surface area (TPSA) is 68.3 Å². The van der Waals surface area contributed by atoms with Gasteiger partial charge in [0.25, 0.3) is 0 Å². The fraction of sp³-hybridized carbons (Fsp3) is 0.211. The first-order valence-electron chi connectivity index (χ1n) is 8.08. The van der Waals surface area contributed by atoms with E-state index < -0.39 is 16.1 Å². The highest BCUT2D eigenvalue weighted by atomic mass is 32.2. The Morgan fingerprint density at radius 3 is 2.50 bits per heavy atom. The monoisotopic (exact) mass is 388 g/mol. The minimum absolute atomic E-state index is 0.195. The fourth-order valence-electron chi connectivity index (χ4n) is 2.55. The molecule has 0 fully saturated rings. The summed E-state index contributed by atoms with van der Waals surface area (Å²) >= 11 is 1.59. The highest BCUT2D eigenvalue weighted by molar-refractivity contribution is 7.89. The van der Waals surface area contributed by atoms with Gasteiger partial charge in [-0.05, 0) is 71.6 Å². The largest absolute Gasteiger partial charge is 0.497 e. The first-order chi connectivity index (χ1) is 12.5. The van der Waals surface area contributed by atoms with Gasteiger partial charge in [-0.15, -0.1) is 0 Å². The van der Waals surface area contributed by atoms with Crippen LogP contribution < -0.4 is 9.46 Å². The zero-order valence-electron chi connectivity index (χ0n) is 14.5. The molecule has 3 rings (SSSR count). The Kier molecular flexibility index (Phi) is 5.70. The molecule has 1 atom stereocenters. The van der Waals surface area contributed by atoms with Crippen molar-refractivity contribution in [3.8, 4) is 5.75 Å². The summed E-state index contributed by atoms with van der Waals surface area (Å²) in [6.45, 7) is 1.95. The molecule has 1 aromatic carbocycles. The molecule has 0 bridgehead atoms. The van der Waals surface area contributed by atoms with Crippen molar-refractivity contribution in [3.63, 3.8) is 0 Å². The summed E-state index contributed by atoms with van der Waals surface area (Å²) in [6.07, 6.45) is 2.28. The van der Waals surface area contributed by atoms with E-state index in [9.17, 15) is 8.42 Å². The van der Waals surface area contributed by atoms with E-state index in [1.54, 1.807) is 36.8 Å². The average molecular weight is 389 g/mol. The fourth-order valence-corrected chi connectivity index (χ4v) is 4.44. The molecule has 0 aliphatic rings. The maximum Gasteiger partial charge on any atom is 0.241 e. The average Bonchev–Trinajstić information content (AvgIpc) is 3.15. The first-order valence-corrected chi connectivity index (χ1v) is 10.5. The van der Waals surface area contributed by atoms with E-state index in [-0.39, 0.29) is 4.90 Å². The van der Waals surface area contributed by atoms with Gasteiger partial charge < -0.3 is 4.74 Å². The molecule has 2 aromatic heterocycles. The predicted molar refractivity (Wildman–Crippen MR) is 103 cm³/mol. The second kappa shape index (κ2) is 7.99. The molecule has 0 saturated heterocycles. The highest BCUT2D eigenvalue weighted by Crippen LogP contribution is 2.23. The van der Waals surface area contributed by atoms with Crippen LogP contribution in [0.4, 0.5) is 0 Å². The van der Waals surface area contributed by atoms with E-state index in [1.807, 2.05) is 35.9 Å². The summed E-state index contributed by atoms with van der Waals surface area (Å²) in [4.78, 5) is 4.62. The van der Waals surface area contributed by atoms with E-state index in [4.69, 9.17) is 4.74 Å². The van der Waals surface area contributed by atoms with Crippen molar-refractivity contribution in [2.24, 2.45) is 0 Å². The molecular formula is C19H20N2O3S2. The van der Waals surface area contributed by atoms with Crippen LogP contribution in [0.5, 0.6) is 5.75 Å². The van der Waals surface area contributed by atoms with Crippen molar-refractivity contribution in [2.75, 3.05) is 7.11 Å². The van der Waals surface area contributed by atoms with Gasteiger partial charge in [-0.25, -0.2) is 13.1 Å². The van der Waals surface area contributed by atoms with Gasteiger partial charge in [-0.1, -0.05) is 6.07 Å². The van der Waals surface area contributed by atoms with Crippen LogP contribution in [0, 0.1) is 6.92 Å². The molecule has 26 heavy (non-hydrogen) atoms. The standard InChI is InChI=1S/C19H20N2O3S2/c1-14-3-8-18(20-12-14)19(11-15-9-10-25-13-15)21-26(22,23)17-6-4-16(24-2)5-7-17/h3-10,12-13,19,21H,11H2,1-2H3/t19-/m1/s1. The summed E-state index contributed by atoms with van der Waals surface area (Å²) < 4.78 is 33.6. The van der Waals surface area contributed by atoms with Crippen LogP contribution in [0.2, 0.25) is 0 Å². The normalized spacial score (nSPS) is 12.7. The third kappa shape index (κ3) is 4.49. The van der Waals surface area contributed by atoms with Crippen LogP contribution in [0.25, 0.3) is 0 Å². The molecule has 0 radical (unpaired) electrons. The SMILES string of the molecule is COc1ccc(S(=O)(=O)N[C@H](Cc2ccsc2)c2ccc(C)cn2)cc1. The van der Waals surface area contributed by atoms with Gasteiger partial charge in [-0.3, -0.25) is 4.98 Å². The van der Waals surface area contributed by atoms with Crippen LogP contribution in [-0.4, -0.2) is 20.5 Å². The van der Waals surface area contributed by atoms with Crippen molar-refractivity contribution >= 4 is 21.4 Å². The van der Waals surface area contributed by atoms with Crippen molar-refractivity contribution in [1.29, 1.82) is 0 Å². The van der Waals surface area contributed by atoms with Gasteiger partial charge >= 0.3 is 0 Å². The van der Waals surface area contributed by atoms with E-state index in [0.717, 1.165) is 11.1 Å². The van der Waals surface area contributed by atoms with Gasteiger partial charge in [0.15, 0.2) is 0 Å². The number of methoxy groups -OCH3 is 1. The van der Waals surface area contributed by atoms with Gasteiger partial charge in [-0.2, -0.15) is 11.3 Å². The number of aromatic nitrogens is 1. The highest BCUT2D eigenvalue weighted by Gasteiger charge is 2.23. The summed E-state index contributed by atoms with van der Waals surface area (Å²) in [5.74, 6) is 0.610. The number of benzene rings is 1. The second-order valence-electron chi connectivity index (χ2n) is 5.95. The molecule has 0 aliphatic carbocycles. The number of ether oxygens (including phenoxy) is 1. The molecule has 1 N–H and O–H groups in total. The number of nitrogens with one attached hydrogen (secondary N) is 1. The molecule has 2 heterocycles. The maximum absolute atomic E-state index is 12.8. The van der Waals surface area contributed by atoms with Crippen molar-refractivity contribution in [3.05, 3.63) is 76.2 Å². The number of nitrogens with zero attached hydrogens (tertiary/aromatic N) is 1. The number of thiophene rings is 1. The lowest BCUT2D eigenvalue weighted by molar-refractivity contribution is 0.414. The van der Waals surface area contributed by atoms with Crippen molar-refractivity contribution in [2.45, 2.75) is 24.3 Å². The van der Waals surface area contributed by atoms with E-state index in [2.05, 4.69) is 9.71 Å². The Balaban J connectivity index is 1.89. The van der Waals surface area contributed by atoms with Crippen molar-refractivity contribution < 1.29 is 13.2 Å². The molecule has 0 amide bonds. The van der Waals surface area contributed by atoms with Crippen LogP contribution in [0.15, 0.2) is 64.3 Å². The molecule has 136 valence electrons. The third-order valence-electron chi connectivity index (χ3n) is 3.98. The second-order valence-corrected chi connectivity index (χ2v) is 8.44. The van der Waals surface area contributed by atoms with Crippen LogP contribution in [0.3, 0.4) is 0 Å². The minimum atomic E-state index is -3.69. The molecular weight excluding hydrogens is 368 g/mol. The van der Waals surface area contributed by atoms with Crippen molar-refractivity contribution in [1.82, 2.24) is 9.71 Å². The molecule has 0 unspecified atom stereocenters. The number of sulfonamides is 1. The minimum Gasteiger partial charge on any atom is -0.497 e. The quantitative estimate of drug-likeness (QED) is 0.670. The lowest BCUT2D eigenvalue weighted by Gasteiger charge is -2.18. The third-order valence-corrected chi connectivity index (χ3v) is 6.20. The number of aryl methyl sites for hydroxylation is 1. The Bertz CT molecular complexity index is 935. The van der Waals surface area contributed by atoms with Gasteiger partial charge in [0, 0.05) is 6.20 Å². The summed E-state index contributed by atoms with van der Waals surface area (Å²) in [7, 11) is -2.14. The molecule has 5 nitrogen and oxygen atoms in total. The first kappa shape index (κ1) is 18.6. The maximum atomic E-state index is 12.8. The molecule has 7 heteroatoms. The number of hydrogen-bond acceptors (Lipinski definition) is 5. The lowest BCUT2D eigenvalue weighted by Crippen LogP contribution is -2.30. The Labute approximate surface area is 157 Å². The Hall–Kier alpha value is -2.22. The van der Waals surface area contributed by atoms with Gasteiger partial charge in [0.2, 0.25) is 10.0 Å². The Morgan fingerprint density at radius 1 is 1.15 bits per heavy atom. The van der Waals surface area contributed by atoms with Crippen LogP contribution in [0.1, 0.15) is 22.9 Å². The predicted octanol–water partition coefficient (Wildman–Crippen LogP) is 3.72. The summed E-state index contributed by atoms with van der Waals surface area (Å²) in [5, 5.41) is 4.00. The Morgan fingerprint density at radius 2 is 1.92 bits per heavy atom. The summed E-state index contributed by atoms with van der Waals surface area (Å²) in [5.41, 5.74) is 2.79. The van der Waals surface area contributed by atoms with Gasteiger partial charge in [0.05, 0.1) is 23.7 Å². The summed E-state index contributed by atoms with van der Waals surface area (Å²) in [6, 6.07) is 11.7. The zero-order valence-corrected chi connectivity index (χ0v) is 16.2. The van der Waals surface area contributed by atoms with Gasteiger partial charge in [0.1, 0.15) is 5.75 Å². The molecule has 0 spiro atoms. The van der Waals surface area contributed by atoms with E-state index >= 15 is 0 Å². The van der Waals surface area contributed by atoms with E-state index in [1.165, 1.54) is 12.1 Å². The molecule has 0 saturated carbocycles. The number of rotatable bonds is 7.